The van der Waals surface area contributed by atoms with Gasteiger partial charge in [0.25, 0.3) is 12.3 Å². The Bertz CT molecular complexity index is 1420. The van der Waals surface area contributed by atoms with E-state index in [4.69, 9.17) is 5.73 Å². The SMILES string of the molecule is CCn1ncc(-c2cc(C(F)F)nc3sc(C(N)=O)c(NC(=O)Cn4nc(C)cc4C)c23)c1C. The van der Waals surface area contributed by atoms with Gasteiger partial charge in [-0.05, 0) is 45.4 Å². The van der Waals surface area contributed by atoms with Crippen LogP contribution in [-0.2, 0) is 17.9 Å². The van der Waals surface area contributed by atoms with E-state index in [0.29, 0.717) is 23.1 Å². The van der Waals surface area contributed by atoms with Crippen molar-refractivity contribution in [1.82, 2.24) is 24.5 Å². The molecule has 0 aliphatic rings. The molecule has 0 atom stereocenters. The van der Waals surface area contributed by atoms with Crippen molar-refractivity contribution in [2.45, 2.75) is 47.2 Å². The summed E-state index contributed by atoms with van der Waals surface area (Å²) in [6.07, 6.45) is -1.25. The first kappa shape index (κ1) is 23.5. The Morgan fingerprint density at radius 1 is 1.18 bits per heavy atom. The number of amides is 2. The molecule has 0 radical (unpaired) electrons. The lowest BCUT2D eigenvalue weighted by Gasteiger charge is -2.11. The van der Waals surface area contributed by atoms with Crippen LogP contribution in [0.1, 0.15) is 45.8 Å². The van der Waals surface area contributed by atoms with E-state index in [0.717, 1.165) is 28.4 Å². The van der Waals surface area contributed by atoms with Gasteiger partial charge in [0.15, 0.2) is 0 Å². The molecule has 178 valence electrons. The van der Waals surface area contributed by atoms with Crippen LogP contribution in [0, 0.1) is 20.8 Å². The van der Waals surface area contributed by atoms with Crippen LogP contribution in [0.4, 0.5) is 14.5 Å². The number of nitrogens with two attached hydrogens (primary N) is 1. The van der Waals surface area contributed by atoms with Gasteiger partial charge >= 0.3 is 0 Å². The molecule has 4 heterocycles. The Labute approximate surface area is 197 Å². The van der Waals surface area contributed by atoms with Gasteiger partial charge < -0.3 is 11.1 Å². The van der Waals surface area contributed by atoms with Crippen LogP contribution < -0.4 is 11.1 Å². The summed E-state index contributed by atoms with van der Waals surface area (Å²) in [5, 5.41) is 11.7. The Balaban J connectivity index is 1.90. The number of fused-ring (bicyclic) bond motifs is 1. The van der Waals surface area contributed by atoms with E-state index in [9.17, 15) is 18.4 Å². The monoisotopic (exact) mass is 487 g/mol. The Morgan fingerprint density at radius 2 is 1.91 bits per heavy atom. The van der Waals surface area contributed by atoms with E-state index in [1.807, 2.05) is 33.8 Å². The van der Waals surface area contributed by atoms with E-state index in [1.165, 1.54) is 10.7 Å². The molecular weight excluding hydrogens is 464 g/mol. The minimum absolute atomic E-state index is 0.0254. The lowest BCUT2D eigenvalue weighted by atomic mass is 10.0. The fourth-order valence-corrected chi connectivity index (χ4v) is 4.93. The number of rotatable bonds is 7. The Morgan fingerprint density at radius 3 is 2.47 bits per heavy atom. The summed E-state index contributed by atoms with van der Waals surface area (Å²) in [7, 11) is 0. The van der Waals surface area contributed by atoms with Crippen molar-refractivity contribution < 1.29 is 18.4 Å². The molecule has 0 saturated carbocycles. The van der Waals surface area contributed by atoms with Crippen molar-refractivity contribution in [3.05, 3.63) is 46.0 Å². The molecule has 0 aliphatic carbocycles. The predicted octanol–water partition coefficient (Wildman–Crippen LogP) is 3.98. The average molecular weight is 488 g/mol. The summed E-state index contributed by atoms with van der Waals surface area (Å²) >= 11 is 0.863. The molecule has 0 bridgehead atoms. The summed E-state index contributed by atoms with van der Waals surface area (Å²) < 4.78 is 30.6. The van der Waals surface area contributed by atoms with E-state index < -0.39 is 23.9 Å². The number of aryl methyl sites for hydroxylation is 3. The molecule has 0 aliphatic heterocycles. The lowest BCUT2D eigenvalue weighted by molar-refractivity contribution is -0.116. The van der Waals surface area contributed by atoms with Crippen molar-refractivity contribution in [2.24, 2.45) is 5.73 Å². The van der Waals surface area contributed by atoms with Gasteiger partial charge in [0.1, 0.15) is 21.9 Å². The van der Waals surface area contributed by atoms with Crippen molar-refractivity contribution in [3.63, 3.8) is 0 Å². The number of hydrogen-bond donors (Lipinski definition) is 2. The number of hydrogen-bond acceptors (Lipinski definition) is 6. The predicted molar refractivity (Wildman–Crippen MR) is 125 cm³/mol. The maximum absolute atomic E-state index is 13.7. The second-order valence-electron chi connectivity index (χ2n) is 7.84. The quantitative estimate of drug-likeness (QED) is 0.409. The highest BCUT2D eigenvalue weighted by atomic mass is 32.1. The van der Waals surface area contributed by atoms with Crippen LogP contribution in [0.15, 0.2) is 18.3 Å². The highest BCUT2D eigenvalue weighted by Crippen LogP contribution is 2.43. The first-order valence-corrected chi connectivity index (χ1v) is 11.3. The molecule has 12 heteroatoms. The minimum atomic E-state index is -2.83. The normalized spacial score (nSPS) is 11.5. The van der Waals surface area contributed by atoms with Crippen LogP contribution in [0.2, 0.25) is 0 Å². The Hall–Kier alpha value is -3.67. The maximum Gasteiger partial charge on any atom is 0.280 e. The summed E-state index contributed by atoms with van der Waals surface area (Å²) in [4.78, 5) is 29.4. The molecule has 34 heavy (non-hydrogen) atoms. The zero-order chi connectivity index (χ0) is 24.7. The number of aromatic nitrogens is 5. The van der Waals surface area contributed by atoms with Crippen LogP contribution >= 0.6 is 11.3 Å². The van der Waals surface area contributed by atoms with Gasteiger partial charge in [-0.15, -0.1) is 11.3 Å². The Kier molecular flexibility index (Phi) is 6.17. The molecule has 0 unspecified atom stereocenters. The number of nitrogens with one attached hydrogen (secondary N) is 1. The van der Waals surface area contributed by atoms with Crippen molar-refractivity contribution in [2.75, 3.05) is 5.32 Å². The topological polar surface area (TPSA) is 121 Å². The number of halogens is 2. The van der Waals surface area contributed by atoms with Crippen molar-refractivity contribution in [3.8, 4) is 11.1 Å². The summed E-state index contributed by atoms with van der Waals surface area (Å²) in [5.74, 6) is -1.24. The number of nitrogens with zero attached hydrogens (tertiary/aromatic N) is 5. The van der Waals surface area contributed by atoms with Gasteiger partial charge in [-0.3, -0.25) is 19.0 Å². The van der Waals surface area contributed by atoms with Gasteiger partial charge in [-0.25, -0.2) is 13.8 Å². The summed E-state index contributed by atoms with van der Waals surface area (Å²) in [6.45, 7) is 7.87. The molecule has 4 rings (SSSR count). The third-order valence-corrected chi connectivity index (χ3v) is 6.58. The van der Waals surface area contributed by atoms with Crippen LogP contribution in [-0.4, -0.2) is 36.4 Å². The zero-order valence-electron chi connectivity index (χ0n) is 19.0. The highest BCUT2D eigenvalue weighted by molar-refractivity contribution is 7.21. The third-order valence-electron chi connectivity index (χ3n) is 5.48. The first-order valence-electron chi connectivity index (χ1n) is 10.5. The third kappa shape index (κ3) is 4.16. The summed E-state index contributed by atoms with van der Waals surface area (Å²) in [6, 6.07) is 3.11. The number of carbonyl (C=O) groups is 2. The number of carbonyl (C=O) groups excluding carboxylic acids is 2. The minimum Gasteiger partial charge on any atom is -0.365 e. The molecular formula is C22H23F2N7O2S. The average Bonchev–Trinajstić information content (AvgIpc) is 3.42. The van der Waals surface area contributed by atoms with Crippen molar-refractivity contribution in [1.29, 1.82) is 0 Å². The zero-order valence-corrected chi connectivity index (χ0v) is 19.8. The molecule has 4 aromatic heterocycles. The molecule has 3 N–H and O–H groups in total. The maximum atomic E-state index is 13.7. The van der Waals surface area contributed by atoms with Gasteiger partial charge in [-0.2, -0.15) is 10.2 Å². The van der Waals surface area contributed by atoms with E-state index in [2.05, 4.69) is 20.5 Å². The van der Waals surface area contributed by atoms with E-state index >= 15 is 0 Å². The number of primary amides is 1. The van der Waals surface area contributed by atoms with Gasteiger partial charge in [0.2, 0.25) is 5.91 Å². The second kappa shape index (κ2) is 8.93. The van der Waals surface area contributed by atoms with Crippen LogP contribution in [0.3, 0.4) is 0 Å². The lowest BCUT2D eigenvalue weighted by Crippen LogP contribution is -2.22. The molecule has 9 nitrogen and oxygen atoms in total. The van der Waals surface area contributed by atoms with Crippen LogP contribution in [0.25, 0.3) is 21.3 Å². The number of alkyl halides is 2. The van der Waals surface area contributed by atoms with Crippen molar-refractivity contribution >= 4 is 39.1 Å². The van der Waals surface area contributed by atoms with Gasteiger partial charge in [0.05, 0.1) is 17.6 Å². The first-order chi connectivity index (χ1) is 16.1. The van der Waals surface area contributed by atoms with E-state index in [1.54, 1.807) is 10.9 Å². The molecule has 0 spiro atoms. The fourth-order valence-electron chi connectivity index (χ4n) is 3.91. The standard InChI is InChI=1S/C22H23F2N7O2S/c1-5-30-12(4)14(8-26-30)13-7-15(20(23)24)27-22-17(13)18(19(34-22)21(25)33)28-16(32)9-31-11(3)6-10(2)29-31/h6-8,20H,5,9H2,1-4H3,(H2,25,33)(H,28,32). The number of pyridine rings is 1. The summed E-state index contributed by atoms with van der Waals surface area (Å²) in [5.41, 5.74) is 8.59. The molecule has 4 aromatic rings. The second-order valence-corrected chi connectivity index (χ2v) is 8.84. The van der Waals surface area contributed by atoms with Gasteiger partial charge in [-0.1, -0.05) is 0 Å². The largest absolute Gasteiger partial charge is 0.365 e. The molecule has 0 saturated heterocycles. The number of thiophene rings is 1. The molecule has 2 amide bonds. The number of anilines is 1. The smallest absolute Gasteiger partial charge is 0.280 e. The molecule has 0 aromatic carbocycles. The van der Waals surface area contributed by atoms with Crippen LogP contribution in [0.5, 0.6) is 0 Å². The highest BCUT2D eigenvalue weighted by Gasteiger charge is 2.26. The molecule has 0 fully saturated rings. The van der Waals surface area contributed by atoms with Gasteiger partial charge in [0, 0.05) is 28.9 Å². The van der Waals surface area contributed by atoms with E-state index in [-0.39, 0.29) is 21.9 Å². The fraction of sp³-hybridized carbons (Fsp3) is 0.318.